The van der Waals surface area contributed by atoms with Crippen LogP contribution in [-0.2, 0) is 9.59 Å². The number of nitrogens with two attached hydrogens (primary N) is 2. The molecule has 18 heavy (non-hydrogen) atoms. The lowest BCUT2D eigenvalue weighted by Gasteiger charge is -1.90. The van der Waals surface area contributed by atoms with E-state index in [-0.39, 0.29) is 0 Å². The molecule has 6 heteroatoms. The minimum Gasteiger partial charge on any atom is -0.545 e. The van der Waals surface area contributed by atoms with Gasteiger partial charge in [0.2, 0.25) is 0 Å². The van der Waals surface area contributed by atoms with E-state index < -0.39 is 11.9 Å². The Kier molecular flexibility index (Phi) is 11.1. The average Bonchev–Trinajstić information content (AvgIpc) is 3.03. The summed E-state index contributed by atoms with van der Waals surface area (Å²) in [6.07, 6.45) is 6.55. The van der Waals surface area contributed by atoms with Gasteiger partial charge in [0.15, 0.2) is 0 Å². The van der Waals surface area contributed by atoms with E-state index in [1.807, 2.05) is 0 Å². The van der Waals surface area contributed by atoms with Crippen LogP contribution in [0.5, 0.6) is 0 Å². The first kappa shape index (κ1) is 16.6. The van der Waals surface area contributed by atoms with E-state index in [1.54, 1.807) is 0 Å². The van der Waals surface area contributed by atoms with Gasteiger partial charge in [-0.05, 0) is 12.2 Å². The number of hydrogen-bond acceptors (Lipinski definition) is 4. The SMILES string of the molecule is C1CC[NH2+]C1.C1CC[NH2+]C1.O=C([O-])/C=C\C(=O)[O-]. The molecule has 0 amide bonds. The summed E-state index contributed by atoms with van der Waals surface area (Å²) in [4.78, 5) is 18.8. The zero-order valence-electron chi connectivity index (χ0n) is 10.6. The molecule has 0 aromatic heterocycles. The molecule has 0 aromatic rings. The fraction of sp³-hybridized carbons (Fsp3) is 0.667. The number of rotatable bonds is 2. The average molecular weight is 258 g/mol. The lowest BCUT2D eigenvalue weighted by molar-refractivity contribution is -0.635. The van der Waals surface area contributed by atoms with Gasteiger partial charge in [0.25, 0.3) is 0 Å². The van der Waals surface area contributed by atoms with Crippen molar-refractivity contribution in [3.63, 3.8) is 0 Å². The zero-order chi connectivity index (χ0) is 13.6. The van der Waals surface area contributed by atoms with Gasteiger partial charge < -0.3 is 30.4 Å². The molecule has 0 unspecified atom stereocenters. The quantitative estimate of drug-likeness (QED) is 0.488. The van der Waals surface area contributed by atoms with E-state index in [0.29, 0.717) is 12.2 Å². The first-order chi connectivity index (χ1) is 8.63. The number of hydrogen-bond donors (Lipinski definition) is 2. The normalized spacial score (nSPS) is 17.6. The Morgan fingerprint density at radius 2 is 1.00 bits per heavy atom. The van der Waals surface area contributed by atoms with Crippen molar-refractivity contribution in [2.24, 2.45) is 0 Å². The highest BCUT2D eigenvalue weighted by atomic mass is 16.4. The summed E-state index contributed by atoms with van der Waals surface area (Å²) in [6.45, 7) is 5.50. The number of carboxylic acid groups (broad SMARTS) is 2. The van der Waals surface area contributed by atoms with Gasteiger partial charge in [0.1, 0.15) is 0 Å². The highest BCUT2D eigenvalue weighted by Crippen LogP contribution is 1.82. The molecule has 6 nitrogen and oxygen atoms in total. The Morgan fingerprint density at radius 3 is 1.11 bits per heavy atom. The third kappa shape index (κ3) is 14.6. The van der Waals surface area contributed by atoms with Gasteiger partial charge in [-0.1, -0.05) is 0 Å². The van der Waals surface area contributed by atoms with E-state index in [2.05, 4.69) is 10.6 Å². The topological polar surface area (TPSA) is 113 Å². The zero-order valence-corrected chi connectivity index (χ0v) is 10.6. The second kappa shape index (κ2) is 12.1. The molecule has 0 bridgehead atoms. The number of quaternary nitrogens is 2. The van der Waals surface area contributed by atoms with Gasteiger partial charge in [-0.3, -0.25) is 0 Å². The molecule has 0 atom stereocenters. The number of aliphatic carboxylic acids is 2. The van der Waals surface area contributed by atoms with Gasteiger partial charge >= 0.3 is 0 Å². The van der Waals surface area contributed by atoms with Gasteiger partial charge in [-0.25, -0.2) is 0 Å². The Hall–Kier alpha value is -1.40. The predicted octanol–water partition coefficient (Wildman–Crippen LogP) is -4.27. The van der Waals surface area contributed by atoms with Crippen LogP contribution in [0.25, 0.3) is 0 Å². The highest BCUT2D eigenvalue weighted by molar-refractivity contribution is 5.87. The molecule has 0 radical (unpaired) electrons. The summed E-state index contributed by atoms with van der Waals surface area (Å²) in [5.74, 6) is -3.09. The lowest BCUT2D eigenvalue weighted by atomic mass is 10.4. The number of carbonyl (C=O) groups is 2. The van der Waals surface area contributed by atoms with Crippen LogP contribution < -0.4 is 20.8 Å². The van der Waals surface area contributed by atoms with Crippen molar-refractivity contribution >= 4 is 11.9 Å². The molecule has 104 valence electrons. The van der Waals surface area contributed by atoms with Crippen LogP contribution in [0.1, 0.15) is 25.7 Å². The molecule has 0 aromatic carbocycles. The van der Waals surface area contributed by atoms with E-state index in [1.165, 1.54) is 51.9 Å². The smallest absolute Gasteiger partial charge is 0.0757 e. The Bertz CT molecular complexity index is 218. The number of carboxylic acids is 2. The first-order valence-corrected chi connectivity index (χ1v) is 6.36. The lowest BCUT2D eigenvalue weighted by Crippen LogP contribution is -2.80. The van der Waals surface area contributed by atoms with Gasteiger partial charge in [-0.15, -0.1) is 0 Å². The second-order valence-electron chi connectivity index (χ2n) is 4.12. The molecule has 2 saturated heterocycles. The third-order valence-electron chi connectivity index (χ3n) is 2.49. The third-order valence-corrected chi connectivity index (χ3v) is 2.49. The van der Waals surface area contributed by atoms with E-state index in [4.69, 9.17) is 0 Å². The maximum Gasteiger partial charge on any atom is 0.0757 e. The summed E-state index contributed by atoms with van der Waals surface area (Å²) in [6, 6.07) is 0. The largest absolute Gasteiger partial charge is 0.545 e. The molecule has 0 aliphatic carbocycles. The van der Waals surface area contributed by atoms with Crippen LogP contribution in [0, 0.1) is 0 Å². The van der Waals surface area contributed by atoms with Crippen molar-refractivity contribution < 1.29 is 30.4 Å². The van der Waals surface area contributed by atoms with E-state index in [0.717, 1.165) is 0 Å². The molecule has 0 saturated carbocycles. The summed E-state index contributed by atoms with van der Waals surface area (Å²) < 4.78 is 0. The fourth-order valence-corrected chi connectivity index (χ4v) is 1.58. The Labute approximate surface area is 107 Å². The maximum atomic E-state index is 9.41. The van der Waals surface area contributed by atoms with Crippen LogP contribution in [0.3, 0.4) is 0 Å². The molecule has 2 aliphatic rings. The maximum absolute atomic E-state index is 9.41. The monoisotopic (exact) mass is 258 g/mol. The van der Waals surface area contributed by atoms with E-state index in [9.17, 15) is 19.8 Å². The van der Waals surface area contributed by atoms with E-state index >= 15 is 0 Å². The van der Waals surface area contributed by atoms with Crippen molar-refractivity contribution in [2.45, 2.75) is 25.7 Å². The van der Waals surface area contributed by atoms with Crippen molar-refractivity contribution in [1.29, 1.82) is 0 Å². The van der Waals surface area contributed by atoms with Gasteiger partial charge in [0, 0.05) is 25.7 Å². The first-order valence-electron chi connectivity index (χ1n) is 6.36. The van der Waals surface area contributed by atoms with Crippen LogP contribution in [0.4, 0.5) is 0 Å². The molecule has 2 heterocycles. The van der Waals surface area contributed by atoms with Crippen molar-refractivity contribution in [3.8, 4) is 0 Å². The summed E-state index contributed by atoms with van der Waals surface area (Å²) >= 11 is 0. The summed E-state index contributed by atoms with van der Waals surface area (Å²) in [5, 5.41) is 23.6. The number of carbonyl (C=O) groups excluding carboxylic acids is 2. The molecular formula is C12H22N2O4. The van der Waals surface area contributed by atoms with Crippen LogP contribution in [0.2, 0.25) is 0 Å². The van der Waals surface area contributed by atoms with Gasteiger partial charge in [0.05, 0.1) is 38.1 Å². The summed E-state index contributed by atoms with van der Waals surface area (Å²) in [5.41, 5.74) is 0. The fourth-order valence-electron chi connectivity index (χ4n) is 1.58. The van der Waals surface area contributed by atoms with Crippen molar-refractivity contribution in [3.05, 3.63) is 12.2 Å². The van der Waals surface area contributed by atoms with Crippen molar-refractivity contribution in [1.82, 2.24) is 0 Å². The molecule has 2 rings (SSSR count). The van der Waals surface area contributed by atoms with Crippen LogP contribution in [0.15, 0.2) is 12.2 Å². The standard InChI is InChI=1S/2C4H9N.C4H4O4/c2*1-2-4-5-3-1;5-3(6)1-2-4(7)8/h2*5H,1-4H2;1-2H,(H,5,6)(H,7,8)/b;;2-1-. The molecule has 4 N–H and O–H groups in total. The van der Waals surface area contributed by atoms with Gasteiger partial charge in [-0.2, -0.15) is 0 Å². The predicted molar refractivity (Wildman–Crippen MR) is 60.9 cm³/mol. The Morgan fingerprint density at radius 1 is 0.722 bits per heavy atom. The molecule has 0 spiro atoms. The minimum absolute atomic E-state index is 0.384. The highest BCUT2D eigenvalue weighted by Gasteiger charge is 1.98. The molecule has 2 fully saturated rings. The van der Waals surface area contributed by atoms with Crippen molar-refractivity contribution in [2.75, 3.05) is 26.2 Å². The minimum atomic E-state index is -1.55. The Balaban J connectivity index is 0.000000250. The van der Waals surface area contributed by atoms with Crippen LogP contribution >= 0.6 is 0 Å². The molecular weight excluding hydrogens is 236 g/mol. The van der Waals surface area contributed by atoms with Crippen LogP contribution in [-0.4, -0.2) is 38.1 Å². The summed E-state index contributed by atoms with van der Waals surface area (Å²) in [7, 11) is 0. The molecule has 2 aliphatic heterocycles. The second-order valence-corrected chi connectivity index (χ2v) is 4.12.